The van der Waals surface area contributed by atoms with E-state index in [0.29, 0.717) is 30.1 Å². The summed E-state index contributed by atoms with van der Waals surface area (Å²) >= 11 is 0. The van der Waals surface area contributed by atoms with Gasteiger partial charge in [0.2, 0.25) is 0 Å². The minimum Gasteiger partial charge on any atom is -0.495 e. The van der Waals surface area contributed by atoms with Crippen LogP contribution in [0.4, 0.5) is 5.69 Å². The van der Waals surface area contributed by atoms with Gasteiger partial charge >= 0.3 is 0 Å². The van der Waals surface area contributed by atoms with Gasteiger partial charge in [-0.25, -0.2) is 0 Å². The molecular formula is C14H18N4O2. The van der Waals surface area contributed by atoms with E-state index >= 15 is 0 Å². The van der Waals surface area contributed by atoms with Gasteiger partial charge in [0, 0.05) is 18.3 Å². The number of aromatic nitrogens is 2. The lowest BCUT2D eigenvalue weighted by Crippen LogP contribution is -2.27. The summed E-state index contributed by atoms with van der Waals surface area (Å²) in [4.78, 5) is 12.0. The van der Waals surface area contributed by atoms with Crippen molar-refractivity contribution >= 4 is 11.6 Å². The van der Waals surface area contributed by atoms with Crippen molar-refractivity contribution in [2.24, 2.45) is 0 Å². The third-order valence-electron chi connectivity index (χ3n) is 2.88. The van der Waals surface area contributed by atoms with E-state index in [2.05, 4.69) is 10.4 Å². The molecule has 0 aliphatic rings. The van der Waals surface area contributed by atoms with Crippen molar-refractivity contribution in [3.8, 4) is 5.75 Å². The van der Waals surface area contributed by atoms with E-state index in [-0.39, 0.29) is 5.91 Å². The van der Waals surface area contributed by atoms with E-state index < -0.39 is 0 Å². The minimum atomic E-state index is -0.164. The van der Waals surface area contributed by atoms with Gasteiger partial charge in [-0.2, -0.15) is 5.10 Å². The van der Waals surface area contributed by atoms with E-state index in [0.717, 1.165) is 5.56 Å². The fourth-order valence-corrected chi connectivity index (χ4v) is 1.85. The van der Waals surface area contributed by atoms with Gasteiger partial charge in [-0.1, -0.05) is 0 Å². The van der Waals surface area contributed by atoms with Crippen molar-refractivity contribution in [3.63, 3.8) is 0 Å². The zero-order valence-corrected chi connectivity index (χ0v) is 11.6. The number of benzene rings is 1. The SMILES string of the molecule is COc1ccc(C(=O)NCCn2cc(C)cn2)cc1N. The normalized spacial score (nSPS) is 10.3. The Kier molecular flexibility index (Phi) is 4.24. The Bertz CT molecular complexity index is 607. The second-order valence-corrected chi connectivity index (χ2v) is 4.49. The van der Waals surface area contributed by atoms with Crippen LogP contribution in [0.3, 0.4) is 0 Å². The summed E-state index contributed by atoms with van der Waals surface area (Å²) < 4.78 is 6.84. The largest absolute Gasteiger partial charge is 0.495 e. The fraction of sp³-hybridized carbons (Fsp3) is 0.286. The molecule has 2 aromatic rings. The molecule has 6 heteroatoms. The van der Waals surface area contributed by atoms with E-state index in [1.165, 1.54) is 7.11 Å². The van der Waals surface area contributed by atoms with Gasteiger partial charge in [0.05, 0.1) is 25.5 Å². The van der Waals surface area contributed by atoms with Gasteiger partial charge in [-0.3, -0.25) is 9.48 Å². The highest BCUT2D eigenvalue weighted by Gasteiger charge is 2.08. The lowest BCUT2D eigenvalue weighted by Gasteiger charge is -2.08. The second-order valence-electron chi connectivity index (χ2n) is 4.49. The number of rotatable bonds is 5. The number of carbonyl (C=O) groups is 1. The molecule has 1 aromatic heterocycles. The lowest BCUT2D eigenvalue weighted by molar-refractivity contribution is 0.0952. The Hall–Kier alpha value is -2.50. The molecule has 0 saturated carbocycles. The van der Waals surface area contributed by atoms with E-state index in [4.69, 9.17) is 10.5 Å². The van der Waals surface area contributed by atoms with Gasteiger partial charge in [0.1, 0.15) is 5.75 Å². The molecule has 1 aromatic carbocycles. The van der Waals surface area contributed by atoms with Crippen LogP contribution in [0.25, 0.3) is 0 Å². The molecule has 0 bridgehead atoms. The van der Waals surface area contributed by atoms with E-state index in [1.54, 1.807) is 29.1 Å². The number of nitrogens with one attached hydrogen (secondary N) is 1. The monoisotopic (exact) mass is 274 g/mol. The van der Waals surface area contributed by atoms with Gasteiger partial charge < -0.3 is 15.8 Å². The number of carbonyl (C=O) groups excluding carboxylic acids is 1. The molecule has 3 N–H and O–H groups in total. The third-order valence-corrected chi connectivity index (χ3v) is 2.88. The van der Waals surface area contributed by atoms with Crippen LogP contribution in [0.15, 0.2) is 30.6 Å². The topological polar surface area (TPSA) is 82.2 Å². The van der Waals surface area contributed by atoms with E-state index in [1.807, 2.05) is 13.1 Å². The lowest BCUT2D eigenvalue weighted by atomic mass is 10.2. The summed E-state index contributed by atoms with van der Waals surface area (Å²) in [7, 11) is 1.54. The molecule has 0 spiro atoms. The highest BCUT2D eigenvalue weighted by atomic mass is 16.5. The molecule has 0 atom stereocenters. The Morgan fingerprint density at radius 2 is 2.30 bits per heavy atom. The number of hydrogen-bond donors (Lipinski definition) is 2. The minimum absolute atomic E-state index is 0.164. The number of methoxy groups -OCH3 is 1. The van der Waals surface area contributed by atoms with Crippen LogP contribution in [0.1, 0.15) is 15.9 Å². The predicted octanol–water partition coefficient (Wildman–Crippen LogP) is 1.21. The van der Waals surface area contributed by atoms with Crippen LogP contribution in [-0.2, 0) is 6.54 Å². The Balaban J connectivity index is 1.90. The standard InChI is InChI=1S/C14H18N4O2/c1-10-8-17-18(9-10)6-5-16-14(19)11-3-4-13(20-2)12(15)7-11/h3-4,7-9H,5-6,15H2,1-2H3,(H,16,19). The number of nitrogens with two attached hydrogens (primary N) is 1. The summed E-state index contributed by atoms with van der Waals surface area (Å²) in [6.45, 7) is 3.11. The average Bonchev–Trinajstić information content (AvgIpc) is 2.84. The van der Waals surface area contributed by atoms with E-state index in [9.17, 15) is 4.79 Å². The summed E-state index contributed by atoms with van der Waals surface area (Å²) in [6.07, 6.45) is 3.71. The summed E-state index contributed by atoms with van der Waals surface area (Å²) in [5.74, 6) is 0.400. The van der Waals surface area contributed by atoms with Crippen LogP contribution < -0.4 is 15.8 Å². The summed E-state index contributed by atoms with van der Waals surface area (Å²) in [5.41, 5.74) is 7.83. The quantitative estimate of drug-likeness (QED) is 0.803. The van der Waals surface area contributed by atoms with Gasteiger partial charge in [0.25, 0.3) is 5.91 Å². The molecule has 0 aliphatic heterocycles. The van der Waals surface area contributed by atoms with Crippen LogP contribution in [0.5, 0.6) is 5.75 Å². The van der Waals surface area contributed by atoms with Gasteiger partial charge in [0.15, 0.2) is 0 Å². The highest BCUT2D eigenvalue weighted by Crippen LogP contribution is 2.21. The maximum absolute atomic E-state index is 12.0. The summed E-state index contributed by atoms with van der Waals surface area (Å²) in [6, 6.07) is 4.97. The first-order valence-corrected chi connectivity index (χ1v) is 6.31. The number of hydrogen-bond acceptors (Lipinski definition) is 4. The molecule has 0 saturated heterocycles. The van der Waals surface area contributed by atoms with Gasteiger partial charge in [-0.05, 0) is 30.7 Å². The maximum Gasteiger partial charge on any atom is 0.251 e. The van der Waals surface area contributed by atoms with Crippen molar-refractivity contribution < 1.29 is 9.53 Å². The van der Waals surface area contributed by atoms with Crippen molar-refractivity contribution in [3.05, 3.63) is 41.7 Å². The Morgan fingerprint density at radius 1 is 1.50 bits per heavy atom. The first kappa shape index (κ1) is 13.9. The first-order valence-electron chi connectivity index (χ1n) is 6.31. The van der Waals surface area contributed by atoms with Crippen LogP contribution >= 0.6 is 0 Å². The average molecular weight is 274 g/mol. The first-order chi connectivity index (χ1) is 9.60. The second kappa shape index (κ2) is 6.10. The molecule has 0 aliphatic carbocycles. The van der Waals surface area contributed by atoms with Crippen molar-refractivity contribution in [2.75, 3.05) is 19.4 Å². The molecule has 1 amide bonds. The smallest absolute Gasteiger partial charge is 0.251 e. The predicted molar refractivity (Wildman–Crippen MR) is 76.7 cm³/mol. The fourth-order valence-electron chi connectivity index (χ4n) is 1.85. The van der Waals surface area contributed by atoms with Crippen LogP contribution in [0, 0.1) is 6.92 Å². The van der Waals surface area contributed by atoms with Crippen LogP contribution in [-0.4, -0.2) is 29.3 Å². The number of nitrogens with zero attached hydrogens (tertiary/aromatic N) is 2. The molecule has 20 heavy (non-hydrogen) atoms. The molecule has 1 heterocycles. The number of anilines is 1. The molecule has 106 valence electrons. The Labute approximate surface area is 117 Å². The molecule has 0 fully saturated rings. The third kappa shape index (κ3) is 3.28. The molecule has 0 unspecified atom stereocenters. The highest BCUT2D eigenvalue weighted by molar-refractivity contribution is 5.95. The zero-order chi connectivity index (χ0) is 14.5. The van der Waals surface area contributed by atoms with Crippen LogP contribution in [0.2, 0.25) is 0 Å². The summed E-state index contributed by atoms with van der Waals surface area (Å²) in [5, 5.41) is 6.98. The number of aryl methyl sites for hydroxylation is 1. The molecule has 6 nitrogen and oxygen atoms in total. The number of amides is 1. The molecular weight excluding hydrogens is 256 g/mol. The zero-order valence-electron chi connectivity index (χ0n) is 11.6. The van der Waals surface area contributed by atoms with Crippen molar-refractivity contribution in [2.45, 2.75) is 13.5 Å². The van der Waals surface area contributed by atoms with Crippen molar-refractivity contribution in [1.82, 2.24) is 15.1 Å². The number of ether oxygens (including phenoxy) is 1. The Morgan fingerprint density at radius 3 is 2.90 bits per heavy atom. The molecule has 0 radical (unpaired) electrons. The maximum atomic E-state index is 12.0. The number of nitrogen functional groups attached to an aromatic ring is 1. The van der Waals surface area contributed by atoms with Crippen molar-refractivity contribution in [1.29, 1.82) is 0 Å². The van der Waals surface area contributed by atoms with Gasteiger partial charge in [-0.15, -0.1) is 0 Å². The molecule has 2 rings (SSSR count).